The summed E-state index contributed by atoms with van der Waals surface area (Å²) in [5, 5.41) is 13.4. The monoisotopic (exact) mass is 258 g/mol. The van der Waals surface area contributed by atoms with Crippen LogP contribution in [0.1, 0.15) is 42.7 Å². The Labute approximate surface area is 112 Å². The van der Waals surface area contributed by atoms with Crippen LogP contribution >= 0.6 is 0 Å². The van der Waals surface area contributed by atoms with E-state index >= 15 is 0 Å². The summed E-state index contributed by atoms with van der Waals surface area (Å²) in [7, 11) is 0. The zero-order valence-corrected chi connectivity index (χ0v) is 11.4. The lowest BCUT2D eigenvalue weighted by Crippen LogP contribution is -2.07. The lowest BCUT2D eigenvalue weighted by molar-refractivity contribution is 0.0683. The van der Waals surface area contributed by atoms with Gasteiger partial charge in [-0.2, -0.15) is 5.10 Å². The predicted octanol–water partition coefficient (Wildman–Crippen LogP) is 3.39. The average Bonchev–Trinajstić information content (AvgIpc) is 2.83. The van der Waals surface area contributed by atoms with E-state index in [4.69, 9.17) is 5.11 Å². The molecule has 0 saturated carbocycles. The minimum atomic E-state index is -0.945. The van der Waals surface area contributed by atoms with Crippen molar-refractivity contribution in [2.75, 3.05) is 0 Å². The largest absolute Gasteiger partial charge is 0.477 e. The van der Waals surface area contributed by atoms with Crippen molar-refractivity contribution in [3.8, 4) is 11.3 Å². The second kappa shape index (κ2) is 5.26. The molecule has 0 fully saturated rings. The molecular weight excluding hydrogens is 240 g/mol. The number of hydrogen-bond donors (Lipinski definition) is 1. The van der Waals surface area contributed by atoms with Gasteiger partial charge in [-0.05, 0) is 24.5 Å². The Kier molecular flexibility index (Phi) is 3.69. The van der Waals surface area contributed by atoms with Crippen molar-refractivity contribution in [3.05, 3.63) is 41.6 Å². The molecule has 0 aliphatic heterocycles. The van der Waals surface area contributed by atoms with Gasteiger partial charge in [0.05, 0.1) is 5.69 Å². The molecule has 0 unspecified atom stereocenters. The lowest BCUT2D eigenvalue weighted by Gasteiger charge is -2.05. The summed E-state index contributed by atoms with van der Waals surface area (Å²) in [6.45, 7) is 6.71. The summed E-state index contributed by atoms with van der Waals surface area (Å²) < 4.78 is 1.51. The summed E-state index contributed by atoms with van der Waals surface area (Å²) in [5.41, 5.74) is 3.14. The Morgan fingerprint density at radius 2 is 1.95 bits per heavy atom. The van der Waals surface area contributed by atoms with Crippen LogP contribution in [0.25, 0.3) is 11.3 Å². The highest BCUT2D eigenvalue weighted by Crippen LogP contribution is 2.22. The van der Waals surface area contributed by atoms with E-state index < -0.39 is 5.97 Å². The van der Waals surface area contributed by atoms with Crippen LogP contribution in [0.5, 0.6) is 0 Å². The third-order valence-electron chi connectivity index (χ3n) is 3.17. The predicted molar refractivity (Wildman–Crippen MR) is 74.4 cm³/mol. The maximum Gasteiger partial charge on any atom is 0.354 e. The number of aromatic nitrogens is 2. The molecule has 100 valence electrons. The first-order chi connectivity index (χ1) is 9.02. The Balaban J connectivity index is 2.39. The van der Waals surface area contributed by atoms with E-state index in [1.807, 2.05) is 19.1 Å². The number of rotatable bonds is 4. The maximum absolute atomic E-state index is 11.1. The van der Waals surface area contributed by atoms with Gasteiger partial charge in [0.15, 0.2) is 0 Å². The molecular formula is C15H18N2O2. The molecule has 0 atom stereocenters. The average molecular weight is 258 g/mol. The molecule has 1 heterocycles. The number of carboxylic acids is 1. The van der Waals surface area contributed by atoms with E-state index in [1.165, 1.54) is 10.2 Å². The third kappa shape index (κ3) is 2.67. The highest BCUT2D eigenvalue weighted by atomic mass is 16.4. The first-order valence-corrected chi connectivity index (χ1v) is 6.44. The quantitative estimate of drug-likeness (QED) is 0.914. The van der Waals surface area contributed by atoms with Crippen molar-refractivity contribution >= 4 is 5.97 Å². The van der Waals surface area contributed by atoms with E-state index in [0.29, 0.717) is 18.2 Å². The number of carboxylic acid groups (broad SMARTS) is 1. The van der Waals surface area contributed by atoms with E-state index in [2.05, 4.69) is 31.1 Å². The smallest absolute Gasteiger partial charge is 0.354 e. The molecule has 1 aromatic carbocycles. The van der Waals surface area contributed by atoms with Gasteiger partial charge in [-0.25, -0.2) is 4.79 Å². The summed E-state index contributed by atoms with van der Waals surface area (Å²) >= 11 is 0. The van der Waals surface area contributed by atoms with Crippen molar-refractivity contribution in [1.82, 2.24) is 9.78 Å². The Morgan fingerprint density at radius 1 is 1.32 bits per heavy atom. The SMILES string of the molecule is CCn1nc(-c2ccc(C(C)C)cc2)cc1C(=O)O. The molecule has 4 nitrogen and oxygen atoms in total. The Morgan fingerprint density at radius 3 is 2.37 bits per heavy atom. The number of benzene rings is 1. The van der Waals surface area contributed by atoms with Gasteiger partial charge in [0.25, 0.3) is 0 Å². The number of aryl methyl sites for hydroxylation is 1. The maximum atomic E-state index is 11.1. The molecule has 4 heteroatoms. The third-order valence-corrected chi connectivity index (χ3v) is 3.17. The van der Waals surface area contributed by atoms with Crippen LogP contribution < -0.4 is 0 Å². The lowest BCUT2D eigenvalue weighted by atomic mass is 10.0. The van der Waals surface area contributed by atoms with Gasteiger partial charge < -0.3 is 5.11 Å². The molecule has 0 spiro atoms. The Bertz CT molecular complexity index is 583. The highest BCUT2D eigenvalue weighted by Gasteiger charge is 2.14. The number of hydrogen-bond acceptors (Lipinski definition) is 2. The van der Waals surface area contributed by atoms with Gasteiger partial charge in [0.2, 0.25) is 0 Å². The van der Waals surface area contributed by atoms with E-state index in [1.54, 1.807) is 6.07 Å². The zero-order chi connectivity index (χ0) is 14.0. The molecule has 1 N–H and O–H groups in total. The molecule has 0 aliphatic carbocycles. The van der Waals surface area contributed by atoms with Crippen LogP contribution in [0.3, 0.4) is 0 Å². The van der Waals surface area contributed by atoms with E-state index in [0.717, 1.165) is 5.56 Å². The first kappa shape index (κ1) is 13.3. The standard InChI is InChI=1S/C15H18N2O2/c1-4-17-14(15(18)19)9-13(16-17)12-7-5-11(6-8-12)10(2)3/h5-10H,4H2,1-3H3,(H,18,19). The molecule has 19 heavy (non-hydrogen) atoms. The highest BCUT2D eigenvalue weighted by molar-refractivity contribution is 5.87. The summed E-state index contributed by atoms with van der Waals surface area (Å²) in [4.78, 5) is 11.1. The molecule has 0 aliphatic rings. The van der Waals surface area contributed by atoms with Crippen molar-refractivity contribution in [3.63, 3.8) is 0 Å². The normalized spacial score (nSPS) is 10.9. The minimum absolute atomic E-state index is 0.227. The topological polar surface area (TPSA) is 55.1 Å². The molecule has 0 radical (unpaired) electrons. The fraction of sp³-hybridized carbons (Fsp3) is 0.333. The van der Waals surface area contributed by atoms with Crippen molar-refractivity contribution in [2.45, 2.75) is 33.2 Å². The summed E-state index contributed by atoms with van der Waals surface area (Å²) in [6.07, 6.45) is 0. The minimum Gasteiger partial charge on any atom is -0.477 e. The second-order valence-electron chi connectivity index (χ2n) is 4.81. The van der Waals surface area contributed by atoms with Gasteiger partial charge >= 0.3 is 5.97 Å². The molecule has 0 amide bonds. The fourth-order valence-corrected chi connectivity index (χ4v) is 2.01. The van der Waals surface area contributed by atoms with E-state index in [9.17, 15) is 4.79 Å². The van der Waals surface area contributed by atoms with Gasteiger partial charge in [0, 0.05) is 12.1 Å². The molecule has 2 aromatic rings. The van der Waals surface area contributed by atoms with Crippen LogP contribution in [0.4, 0.5) is 0 Å². The number of nitrogens with zero attached hydrogens (tertiary/aromatic N) is 2. The molecule has 0 bridgehead atoms. The van der Waals surface area contributed by atoms with Crippen molar-refractivity contribution in [1.29, 1.82) is 0 Å². The van der Waals surface area contributed by atoms with Gasteiger partial charge in [-0.3, -0.25) is 4.68 Å². The number of aromatic carboxylic acids is 1. The van der Waals surface area contributed by atoms with Gasteiger partial charge in [-0.15, -0.1) is 0 Å². The van der Waals surface area contributed by atoms with Crippen molar-refractivity contribution in [2.24, 2.45) is 0 Å². The van der Waals surface area contributed by atoms with Crippen LogP contribution in [0, 0.1) is 0 Å². The fourth-order valence-electron chi connectivity index (χ4n) is 2.01. The van der Waals surface area contributed by atoms with Crippen LogP contribution in [-0.2, 0) is 6.54 Å². The van der Waals surface area contributed by atoms with Crippen molar-refractivity contribution < 1.29 is 9.90 Å². The number of carbonyl (C=O) groups is 1. The second-order valence-corrected chi connectivity index (χ2v) is 4.81. The summed E-state index contributed by atoms with van der Waals surface area (Å²) in [5.74, 6) is -0.462. The molecule has 1 aromatic heterocycles. The van der Waals surface area contributed by atoms with Gasteiger partial charge in [-0.1, -0.05) is 38.1 Å². The van der Waals surface area contributed by atoms with Crippen LogP contribution in [0.2, 0.25) is 0 Å². The van der Waals surface area contributed by atoms with E-state index in [-0.39, 0.29) is 5.69 Å². The zero-order valence-electron chi connectivity index (χ0n) is 11.4. The summed E-state index contributed by atoms with van der Waals surface area (Å²) in [6, 6.07) is 9.72. The Hall–Kier alpha value is -2.10. The molecule has 2 rings (SSSR count). The van der Waals surface area contributed by atoms with Gasteiger partial charge in [0.1, 0.15) is 5.69 Å². The van der Waals surface area contributed by atoms with Crippen LogP contribution in [-0.4, -0.2) is 20.9 Å². The van der Waals surface area contributed by atoms with Crippen LogP contribution in [0.15, 0.2) is 30.3 Å². The first-order valence-electron chi connectivity index (χ1n) is 6.44. The molecule has 0 saturated heterocycles.